The normalized spacial score (nSPS) is 10.5. The van der Waals surface area contributed by atoms with E-state index in [0.29, 0.717) is 11.3 Å². The van der Waals surface area contributed by atoms with Crippen LogP contribution in [0.2, 0.25) is 0 Å². The van der Waals surface area contributed by atoms with Crippen LogP contribution in [0.3, 0.4) is 0 Å². The Labute approximate surface area is 112 Å². The van der Waals surface area contributed by atoms with Gasteiger partial charge in [0.25, 0.3) is 0 Å². The highest BCUT2D eigenvalue weighted by Crippen LogP contribution is 2.16. The lowest BCUT2D eigenvalue weighted by Gasteiger charge is -2.08. The number of carbonyl (C=O) groups is 1. The van der Waals surface area contributed by atoms with Crippen LogP contribution in [-0.2, 0) is 14.6 Å². The van der Waals surface area contributed by atoms with Crippen LogP contribution in [0.1, 0.15) is 11.1 Å². The van der Waals surface area contributed by atoms with Gasteiger partial charge in [0.1, 0.15) is 12.4 Å². The van der Waals surface area contributed by atoms with E-state index in [1.807, 2.05) is 13.0 Å². The molecule has 0 fully saturated rings. The second kappa shape index (κ2) is 6.36. The summed E-state index contributed by atoms with van der Waals surface area (Å²) < 4.78 is 22.1. The second-order valence-electron chi connectivity index (χ2n) is 4.13. The first-order chi connectivity index (χ1) is 8.81. The zero-order valence-corrected chi connectivity index (χ0v) is 11.5. The SMILES string of the molecule is Cc1ccc(C#CCO)c(NC(=O)CS(C)(=O)=O)c1. The van der Waals surface area contributed by atoms with E-state index in [1.165, 1.54) is 0 Å². The fraction of sp³-hybridized carbons (Fsp3) is 0.308. The molecule has 1 aromatic rings. The maximum Gasteiger partial charge on any atom is 0.239 e. The summed E-state index contributed by atoms with van der Waals surface area (Å²) in [5.41, 5.74) is 1.88. The van der Waals surface area contributed by atoms with Gasteiger partial charge in [0.2, 0.25) is 5.91 Å². The van der Waals surface area contributed by atoms with Crippen molar-refractivity contribution in [3.05, 3.63) is 29.3 Å². The van der Waals surface area contributed by atoms with E-state index < -0.39 is 21.5 Å². The van der Waals surface area contributed by atoms with Crippen molar-refractivity contribution in [2.75, 3.05) is 23.9 Å². The first-order valence-electron chi connectivity index (χ1n) is 5.50. The van der Waals surface area contributed by atoms with Crippen LogP contribution in [0.25, 0.3) is 0 Å². The summed E-state index contributed by atoms with van der Waals surface area (Å²) in [5, 5.41) is 11.2. The number of hydrogen-bond donors (Lipinski definition) is 2. The Kier molecular flexibility index (Phi) is 5.10. The molecular weight excluding hydrogens is 266 g/mol. The highest BCUT2D eigenvalue weighted by molar-refractivity contribution is 7.91. The molecule has 2 N–H and O–H groups in total. The average molecular weight is 281 g/mol. The molecule has 1 amide bonds. The van der Waals surface area contributed by atoms with Crippen LogP contribution in [-0.4, -0.2) is 38.0 Å². The molecule has 19 heavy (non-hydrogen) atoms. The van der Waals surface area contributed by atoms with E-state index in [9.17, 15) is 13.2 Å². The molecule has 0 spiro atoms. The number of aliphatic hydroxyl groups excluding tert-OH is 1. The second-order valence-corrected chi connectivity index (χ2v) is 6.27. The minimum atomic E-state index is -3.37. The van der Waals surface area contributed by atoms with Gasteiger partial charge in [0.05, 0.1) is 5.69 Å². The van der Waals surface area contributed by atoms with Gasteiger partial charge in [0.15, 0.2) is 9.84 Å². The molecule has 102 valence electrons. The first-order valence-corrected chi connectivity index (χ1v) is 7.56. The molecule has 0 heterocycles. The van der Waals surface area contributed by atoms with Crippen molar-refractivity contribution < 1.29 is 18.3 Å². The molecule has 6 heteroatoms. The molecule has 1 aromatic carbocycles. The van der Waals surface area contributed by atoms with E-state index in [-0.39, 0.29) is 6.61 Å². The topological polar surface area (TPSA) is 83.5 Å². The highest BCUT2D eigenvalue weighted by Gasteiger charge is 2.12. The highest BCUT2D eigenvalue weighted by atomic mass is 32.2. The van der Waals surface area contributed by atoms with Crippen LogP contribution in [0.5, 0.6) is 0 Å². The van der Waals surface area contributed by atoms with Crippen molar-refractivity contribution in [1.29, 1.82) is 0 Å². The first kappa shape index (κ1) is 15.2. The molecular formula is C13H15NO4S. The van der Waals surface area contributed by atoms with Gasteiger partial charge >= 0.3 is 0 Å². The maximum atomic E-state index is 11.6. The lowest BCUT2D eigenvalue weighted by molar-refractivity contribution is -0.113. The Morgan fingerprint density at radius 3 is 2.68 bits per heavy atom. The Morgan fingerprint density at radius 2 is 2.11 bits per heavy atom. The van der Waals surface area contributed by atoms with Crippen molar-refractivity contribution in [3.63, 3.8) is 0 Å². The zero-order chi connectivity index (χ0) is 14.5. The third-order valence-corrected chi connectivity index (χ3v) is 2.93. The van der Waals surface area contributed by atoms with Gasteiger partial charge in [-0.05, 0) is 24.6 Å². The molecule has 0 saturated heterocycles. The van der Waals surface area contributed by atoms with Crippen molar-refractivity contribution in [3.8, 4) is 11.8 Å². The van der Waals surface area contributed by atoms with E-state index in [4.69, 9.17) is 5.11 Å². The molecule has 0 bridgehead atoms. The number of rotatable bonds is 3. The summed E-state index contributed by atoms with van der Waals surface area (Å²) in [6.45, 7) is 1.56. The van der Waals surface area contributed by atoms with Crippen LogP contribution in [0.4, 0.5) is 5.69 Å². The van der Waals surface area contributed by atoms with Gasteiger partial charge < -0.3 is 10.4 Å². The van der Waals surface area contributed by atoms with E-state index >= 15 is 0 Å². The molecule has 0 radical (unpaired) electrons. The largest absolute Gasteiger partial charge is 0.384 e. The molecule has 1 rings (SSSR count). The number of amides is 1. The maximum absolute atomic E-state index is 11.6. The quantitative estimate of drug-likeness (QED) is 0.782. The van der Waals surface area contributed by atoms with Crippen molar-refractivity contribution in [2.24, 2.45) is 0 Å². The molecule has 0 aromatic heterocycles. The average Bonchev–Trinajstić information content (AvgIpc) is 2.25. The zero-order valence-electron chi connectivity index (χ0n) is 10.7. The number of carbonyl (C=O) groups excluding carboxylic acids is 1. The summed E-state index contributed by atoms with van der Waals surface area (Å²) >= 11 is 0. The molecule has 0 atom stereocenters. The van der Waals surface area contributed by atoms with Crippen LogP contribution in [0.15, 0.2) is 18.2 Å². The summed E-state index contributed by atoms with van der Waals surface area (Å²) in [4.78, 5) is 11.6. The fourth-order valence-electron chi connectivity index (χ4n) is 1.43. The lowest BCUT2D eigenvalue weighted by atomic mass is 10.1. The number of benzene rings is 1. The van der Waals surface area contributed by atoms with Gasteiger partial charge in [0, 0.05) is 11.8 Å². The van der Waals surface area contributed by atoms with Crippen molar-refractivity contribution in [1.82, 2.24) is 0 Å². The Bertz CT molecular complexity index is 638. The number of aliphatic hydroxyl groups is 1. The van der Waals surface area contributed by atoms with Crippen LogP contribution < -0.4 is 5.32 Å². The van der Waals surface area contributed by atoms with Crippen molar-refractivity contribution >= 4 is 21.4 Å². The molecule has 0 unspecified atom stereocenters. The monoisotopic (exact) mass is 281 g/mol. The van der Waals surface area contributed by atoms with Crippen LogP contribution >= 0.6 is 0 Å². The van der Waals surface area contributed by atoms with E-state index in [2.05, 4.69) is 17.2 Å². The predicted octanol–water partition coefficient (Wildman–Crippen LogP) is 0.322. The molecule has 0 aliphatic carbocycles. The summed E-state index contributed by atoms with van der Waals surface area (Å²) in [7, 11) is -3.37. The molecule has 0 aliphatic rings. The minimum Gasteiger partial charge on any atom is -0.384 e. The third-order valence-electron chi connectivity index (χ3n) is 2.14. The molecule has 5 nitrogen and oxygen atoms in total. The van der Waals surface area contributed by atoms with Gasteiger partial charge in [-0.15, -0.1) is 0 Å². The molecule has 0 aliphatic heterocycles. The summed E-state index contributed by atoms with van der Waals surface area (Å²) in [5.74, 6) is 3.99. The van der Waals surface area contributed by atoms with Gasteiger partial charge in [-0.3, -0.25) is 4.79 Å². The summed E-state index contributed by atoms with van der Waals surface area (Å²) in [6.07, 6.45) is 0.995. The van der Waals surface area contributed by atoms with Gasteiger partial charge in [-0.25, -0.2) is 8.42 Å². The Balaban J connectivity index is 2.99. The Hall–Kier alpha value is -1.84. The number of nitrogens with one attached hydrogen (secondary N) is 1. The lowest BCUT2D eigenvalue weighted by Crippen LogP contribution is -2.22. The number of aryl methyl sites for hydroxylation is 1. The standard InChI is InChI=1S/C13H15NO4S/c1-10-5-6-11(4-3-7-15)12(8-10)14-13(16)9-19(2,17)18/h5-6,8,15H,7,9H2,1-2H3,(H,14,16). The number of hydrogen-bond acceptors (Lipinski definition) is 4. The van der Waals surface area contributed by atoms with Gasteiger partial charge in [-0.1, -0.05) is 17.9 Å². The number of anilines is 1. The van der Waals surface area contributed by atoms with Crippen molar-refractivity contribution in [2.45, 2.75) is 6.92 Å². The smallest absolute Gasteiger partial charge is 0.239 e. The fourth-order valence-corrected chi connectivity index (χ4v) is 1.98. The molecule has 0 saturated carbocycles. The number of sulfone groups is 1. The third kappa shape index (κ3) is 5.55. The Morgan fingerprint density at radius 1 is 1.42 bits per heavy atom. The summed E-state index contributed by atoms with van der Waals surface area (Å²) in [6, 6.07) is 5.21. The van der Waals surface area contributed by atoms with E-state index in [0.717, 1.165) is 11.8 Å². The minimum absolute atomic E-state index is 0.287. The van der Waals surface area contributed by atoms with Gasteiger partial charge in [-0.2, -0.15) is 0 Å². The van der Waals surface area contributed by atoms with Crippen LogP contribution in [0, 0.1) is 18.8 Å². The predicted molar refractivity (Wildman–Crippen MR) is 73.5 cm³/mol. The van der Waals surface area contributed by atoms with E-state index in [1.54, 1.807) is 12.1 Å².